The van der Waals surface area contributed by atoms with Crippen LogP contribution in [0.4, 0.5) is 4.79 Å². The third-order valence-corrected chi connectivity index (χ3v) is 7.60. The molecule has 4 aromatic rings. The summed E-state index contributed by atoms with van der Waals surface area (Å²) < 4.78 is 12.2. The zero-order valence-corrected chi connectivity index (χ0v) is 24.9. The van der Waals surface area contributed by atoms with Crippen LogP contribution in [0.3, 0.4) is 0 Å². The topological polar surface area (TPSA) is 84.9 Å². The molecule has 222 valence electrons. The Bertz CT molecular complexity index is 1580. The molecule has 7 heteroatoms. The van der Waals surface area contributed by atoms with Crippen LogP contribution in [0.2, 0.25) is 0 Å². The number of hydrogen-bond acceptors (Lipinski definition) is 5. The van der Waals surface area contributed by atoms with E-state index in [1.54, 1.807) is 41.3 Å². The summed E-state index contributed by atoms with van der Waals surface area (Å²) in [6.45, 7) is 6.86. The van der Waals surface area contributed by atoms with E-state index in [-0.39, 0.29) is 36.4 Å². The largest absolute Gasteiger partial charge is 0.444 e. The number of hydrogen-bond donors (Lipinski definition) is 1. The number of fused-ring (bicyclic) bond motifs is 1. The molecule has 1 aliphatic heterocycles. The van der Waals surface area contributed by atoms with Gasteiger partial charge in [-0.25, -0.2) is 4.79 Å². The first-order valence-electron chi connectivity index (χ1n) is 14.7. The van der Waals surface area contributed by atoms with Crippen molar-refractivity contribution in [1.29, 1.82) is 0 Å². The van der Waals surface area contributed by atoms with Gasteiger partial charge in [-0.2, -0.15) is 0 Å². The molecule has 0 bridgehead atoms. The molecule has 1 N–H and O–H groups in total. The summed E-state index contributed by atoms with van der Waals surface area (Å²) in [5.41, 5.74) is 2.54. The van der Waals surface area contributed by atoms with E-state index in [0.29, 0.717) is 37.2 Å². The molecule has 5 rings (SSSR count). The van der Waals surface area contributed by atoms with Gasteiger partial charge in [0.2, 0.25) is 0 Å². The number of benzene rings is 4. The van der Waals surface area contributed by atoms with Crippen molar-refractivity contribution in [1.82, 2.24) is 10.2 Å². The van der Waals surface area contributed by atoms with E-state index in [2.05, 4.69) is 35.6 Å². The van der Waals surface area contributed by atoms with E-state index in [1.807, 2.05) is 51.1 Å². The van der Waals surface area contributed by atoms with Crippen molar-refractivity contribution in [2.75, 3.05) is 19.6 Å². The smallest absolute Gasteiger partial charge is 0.410 e. The lowest BCUT2D eigenvalue weighted by Crippen LogP contribution is -2.48. The number of piperidine rings is 1. The van der Waals surface area contributed by atoms with Crippen LogP contribution >= 0.6 is 0 Å². The van der Waals surface area contributed by atoms with Crippen molar-refractivity contribution in [3.8, 4) is 0 Å². The normalized spacial score (nSPS) is 17.0. The van der Waals surface area contributed by atoms with Gasteiger partial charge in [-0.3, -0.25) is 9.59 Å². The highest BCUT2D eigenvalue weighted by Gasteiger charge is 2.35. The van der Waals surface area contributed by atoms with Gasteiger partial charge < -0.3 is 19.7 Å². The Morgan fingerprint density at radius 1 is 0.837 bits per heavy atom. The fourth-order valence-corrected chi connectivity index (χ4v) is 5.36. The average Bonchev–Trinajstić information content (AvgIpc) is 3.02. The van der Waals surface area contributed by atoms with Gasteiger partial charge in [-0.1, -0.05) is 78.9 Å². The molecule has 1 heterocycles. The van der Waals surface area contributed by atoms with Crippen LogP contribution in [0, 0.1) is 0 Å². The van der Waals surface area contributed by atoms with Gasteiger partial charge in [0.05, 0.1) is 25.8 Å². The number of amides is 2. The van der Waals surface area contributed by atoms with Crippen molar-refractivity contribution in [3.63, 3.8) is 0 Å². The lowest BCUT2D eigenvalue weighted by atomic mass is 9.86. The molecule has 2 unspecified atom stereocenters. The summed E-state index contributed by atoms with van der Waals surface area (Å²) in [5.74, 6) is -0.427. The van der Waals surface area contributed by atoms with Crippen molar-refractivity contribution in [3.05, 3.63) is 119 Å². The minimum absolute atomic E-state index is 0.0240. The highest BCUT2D eigenvalue weighted by atomic mass is 16.6. The third-order valence-electron chi connectivity index (χ3n) is 7.60. The van der Waals surface area contributed by atoms with Crippen LogP contribution < -0.4 is 5.32 Å². The number of nitrogens with one attached hydrogen (secondary N) is 1. The van der Waals surface area contributed by atoms with Crippen molar-refractivity contribution >= 4 is 28.6 Å². The first kappa shape index (κ1) is 30.0. The summed E-state index contributed by atoms with van der Waals surface area (Å²) in [4.78, 5) is 39.8. The van der Waals surface area contributed by atoms with Crippen LogP contribution in [-0.2, 0) is 16.1 Å². The fourth-order valence-electron chi connectivity index (χ4n) is 5.36. The highest BCUT2D eigenvalue weighted by molar-refractivity contribution is 6.02. The first-order chi connectivity index (χ1) is 20.7. The summed E-state index contributed by atoms with van der Waals surface area (Å²) in [5, 5.41) is 5.05. The Balaban J connectivity index is 1.27. The van der Waals surface area contributed by atoms with E-state index in [4.69, 9.17) is 9.47 Å². The molecule has 2 atom stereocenters. The number of likely N-dealkylation sites (tertiary alicyclic amines) is 1. The zero-order valence-electron chi connectivity index (χ0n) is 24.9. The SMILES string of the molecule is CC(C)(C)OC(=O)N1CCC(c2ccc(C(=O)NCC(=O)c3ccccc3)cc2)C(OCc2ccc3ccccc3c2)C1. The Kier molecular flexibility index (Phi) is 9.22. The minimum atomic E-state index is -0.586. The van der Waals surface area contributed by atoms with Gasteiger partial charge in [0.1, 0.15) is 5.60 Å². The number of Topliss-reactive ketones (excluding diaryl/α,β-unsaturated/α-hetero) is 1. The van der Waals surface area contributed by atoms with Crippen LogP contribution in [0.15, 0.2) is 97.1 Å². The van der Waals surface area contributed by atoms with Gasteiger partial charge >= 0.3 is 6.09 Å². The maximum Gasteiger partial charge on any atom is 0.410 e. The lowest BCUT2D eigenvalue weighted by Gasteiger charge is -2.39. The lowest BCUT2D eigenvalue weighted by molar-refractivity contribution is -0.0359. The molecule has 0 aromatic heterocycles. The van der Waals surface area contributed by atoms with Crippen LogP contribution in [0.1, 0.15) is 65.0 Å². The number of ketones is 1. The predicted octanol–water partition coefficient (Wildman–Crippen LogP) is 6.76. The van der Waals surface area contributed by atoms with Crippen LogP contribution in [0.25, 0.3) is 10.8 Å². The molecule has 0 spiro atoms. The Morgan fingerprint density at radius 2 is 1.53 bits per heavy atom. The molecule has 0 radical (unpaired) electrons. The van der Waals surface area contributed by atoms with Gasteiger partial charge in [0.25, 0.3) is 5.91 Å². The molecule has 1 aliphatic rings. The van der Waals surface area contributed by atoms with E-state index in [0.717, 1.165) is 16.5 Å². The molecular formula is C36H38N2O5. The molecule has 2 amide bonds. The monoisotopic (exact) mass is 578 g/mol. The van der Waals surface area contributed by atoms with E-state index >= 15 is 0 Å². The maximum absolute atomic E-state index is 12.9. The number of carbonyl (C=O) groups is 3. The first-order valence-corrected chi connectivity index (χ1v) is 14.7. The summed E-state index contributed by atoms with van der Waals surface area (Å²) in [6.07, 6.45) is 0.0805. The molecule has 1 saturated heterocycles. The van der Waals surface area contributed by atoms with Gasteiger partial charge in [0.15, 0.2) is 5.78 Å². The Labute approximate surface area is 252 Å². The summed E-state index contributed by atoms with van der Waals surface area (Å²) in [6, 6.07) is 30.8. The summed E-state index contributed by atoms with van der Waals surface area (Å²) >= 11 is 0. The second-order valence-corrected chi connectivity index (χ2v) is 11.9. The van der Waals surface area contributed by atoms with Crippen molar-refractivity contribution < 1.29 is 23.9 Å². The van der Waals surface area contributed by atoms with E-state index in [1.165, 1.54) is 5.39 Å². The molecule has 0 saturated carbocycles. The van der Waals surface area contributed by atoms with Gasteiger partial charge in [0, 0.05) is 23.6 Å². The minimum Gasteiger partial charge on any atom is -0.444 e. The molecule has 1 fully saturated rings. The second-order valence-electron chi connectivity index (χ2n) is 11.9. The quantitative estimate of drug-likeness (QED) is 0.234. The van der Waals surface area contributed by atoms with Gasteiger partial charge in [-0.05, 0) is 67.3 Å². The number of carbonyl (C=O) groups excluding carboxylic acids is 3. The number of ether oxygens (including phenoxy) is 2. The van der Waals surface area contributed by atoms with Crippen molar-refractivity contribution in [2.24, 2.45) is 0 Å². The number of rotatable bonds is 8. The fraction of sp³-hybridized carbons (Fsp3) is 0.306. The Hall–Kier alpha value is -4.49. The van der Waals surface area contributed by atoms with Crippen LogP contribution in [0.5, 0.6) is 0 Å². The van der Waals surface area contributed by atoms with Gasteiger partial charge in [-0.15, -0.1) is 0 Å². The molecule has 43 heavy (non-hydrogen) atoms. The third kappa shape index (κ3) is 7.87. The highest BCUT2D eigenvalue weighted by Crippen LogP contribution is 2.32. The van der Waals surface area contributed by atoms with E-state index < -0.39 is 5.60 Å². The second kappa shape index (κ2) is 13.2. The van der Waals surface area contributed by atoms with Crippen molar-refractivity contribution in [2.45, 2.75) is 51.4 Å². The number of nitrogens with zero attached hydrogens (tertiary/aromatic N) is 1. The molecular weight excluding hydrogens is 540 g/mol. The molecule has 4 aromatic carbocycles. The van der Waals surface area contributed by atoms with E-state index in [9.17, 15) is 14.4 Å². The Morgan fingerprint density at radius 3 is 2.26 bits per heavy atom. The molecule has 0 aliphatic carbocycles. The predicted molar refractivity (Wildman–Crippen MR) is 167 cm³/mol. The summed E-state index contributed by atoms with van der Waals surface area (Å²) in [7, 11) is 0. The van der Waals surface area contributed by atoms with Crippen LogP contribution in [-0.4, -0.2) is 54.0 Å². The standard InChI is InChI=1S/C36H38N2O5/c1-36(2,3)43-35(41)38-20-19-31(33(23-38)42-24-25-13-14-26-9-7-8-12-30(26)21-25)27-15-17-29(18-16-27)34(40)37-22-32(39)28-10-5-4-6-11-28/h4-18,21,31,33H,19-20,22-24H2,1-3H3,(H,37,40). The molecule has 7 nitrogen and oxygen atoms in total. The zero-order chi connectivity index (χ0) is 30.4. The average molecular weight is 579 g/mol. The maximum atomic E-state index is 12.9.